The maximum Gasteiger partial charge on any atom is 0.272 e. The van der Waals surface area contributed by atoms with Crippen LogP contribution in [0.3, 0.4) is 0 Å². The van der Waals surface area contributed by atoms with Gasteiger partial charge >= 0.3 is 0 Å². The van der Waals surface area contributed by atoms with Crippen LogP contribution in [0, 0.1) is 5.92 Å². The fourth-order valence-corrected chi connectivity index (χ4v) is 2.95. The number of nitrogens with one attached hydrogen (secondary N) is 1. The van der Waals surface area contributed by atoms with Crippen LogP contribution in [0.2, 0.25) is 0 Å². The highest BCUT2D eigenvalue weighted by molar-refractivity contribution is 5.93. The summed E-state index contributed by atoms with van der Waals surface area (Å²) in [6, 6.07) is 7.06. The summed E-state index contributed by atoms with van der Waals surface area (Å²) in [6.07, 6.45) is 5.01. The van der Waals surface area contributed by atoms with E-state index in [0.717, 1.165) is 12.8 Å². The molecule has 1 unspecified atom stereocenters. The van der Waals surface area contributed by atoms with Crippen molar-refractivity contribution in [3.05, 3.63) is 42.4 Å². The van der Waals surface area contributed by atoms with Crippen molar-refractivity contribution in [2.45, 2.75) is 12.8 Å². The van der Waals surface area contributed by atoms with E-state index in [2.05, 4.69) is 15.4 Å². The summed E-state index contributed by atoms with van der Waals surface area (Å²) in [5.74, 6) is 0.190. The molecule has 8 heteroatoms. The quantitative estimate of drug-likeness (QED) is 0.807. The molecule has 0 bridgehead atoms. The van der Waals surface area contributed by atoms with Gasteiger partial charge in [0.25, 0.3) is 5.91 Å². The molecule has 3 N–H and O–H groups in total. The van der Waals surface area contributed by atoms with Gasteiger partial charge in [-0.1, -0.05) is 6.07 Å². The minimum absolute atomic E-state index is 0.0406. The zero-order valence-corrected chi connectivity index (χ0v) is 14.0. The summed E-state index contributed by atoms with van der Waals surface area (Å²) < 4.78 is 1.61. The smallest absolute Gasteiger partial charge is 0.272 e. The predicted molar refractivity (Wildman–Crippen MR) is 92.1 cm³/mol. The first-order valence-corrected chi connectivity index (χ1v) is 8.43. The first-order valence-electron chi connectivity index (χ1n) is 8.43. The molecule has 1 atom stereocenters. The molecule has 3 heterocycles. The van der Waals surface area contributed by atoms with E-state index in [-0.39, 0.29) is 17.7 Å². The van der Waals surface area contributed by atoms with Gasteiger partial charge in [-0.25, -0.2) is 9.67 Å². The van der Waals surface area contributed by atoms with E-state index in [1.54, 1.807) is 46.2 Å². The van der Waals surface area contributed by atoms with Gasteiger partial charge in [-0.2, -0.15) is 5.10 Å². The summed E-state index contributed by atoms with van der Waals surface area (Å²) in [6.45, 7) is 1.90. The van der Waals surface area contributed by atoms with Gasteiger partial charge in [-0.15, -0.1) is 0 Å². The number of hydrogen-bond donors (Lipinski definition) is 2. The summed E-state index contributed by atoms with van der Waals surface area (Å²) in [7, 11) is 0. The molecule has 0 saturated carbocycles. The number of nitrogens with two attached hydrogens (primary N) is 1. The highest BCUT2D eigenvalue weighted by Crippen LogP contribution is 2.19. The van der Waals surface area contributed by atoms with Crippen molar-refractivity contribution >= 4 is 11.8 Å². The fraction of sp³-hybridized carbons (Fsp3) is 0.412. The van der Waals surface area contributed by atoms with E-state index in [1.165, 1.54) is 0 Å². The molecule has 1 aliphatic rings. The molecule has 2 aromatic rings. The van der Waals surface area contributed by atoms with Crippen molar-refractivity contribution in [2.24, 2.45) is 11.7 Å². The first kappa shape index (κ1) is 17.1. The second-order valence-electron chi connectivity index (χ2n) is 6.00. The third kappa shape index (κ3) is 4.03. The number of carbonyl (C=O) groups excluding carboxylic acids is 2. The fourth-order valence-electron chi connectivity index (χ4n) is 2.95. The highest BCUT2D eigenvalue weighted by Gasteiger charge is 2.29. The van der Waals surface area contributed by atoms with E-state index in [4.69, 9.17) is 5.73 Å². The minimum Gasteiger partial charge on any atom is -0.355 e. The second kappa shape index (κ2) is 7.89. The second-order valence-corrected chi connectivity index (χ2v) is 6.00. The number of carbonyl (C=O) groups is 2. The molecule has 0 radical (unpaired) electrons. The van der Waals surface area contributed by atoms with Gasteiger partial charge in [0.1, 0.15) is 5.69 Å². The van der Waals surface area contributed by atoms with Gasteiger partial charge in [0.05, 0.1) is 5.92 Å². The number of likely N-dealkylation sites (tertiary alicyclic amines) is 1. The molecule has 1 saturated heterocycles. The van der Waals surface area contributed by atoms with Gasteiger partial charge in [-0.3, -0.25) is 9.59 Å². The molecular weight excluding hydrogens is 320 g/mol. The Bertz CT molecular complexity index is 730. The predicted octanol–water partition coefficient (Wildman–Crippen LogP) is 0.194. The van der Waals surface area contributed by atoms with Gasteiger partial charge in [0.15, 0.2) is 5.82 Å². The topological polar surface area (TPSA) is 106 Å². The lowest BCUT2D eigenvalue weighted by Gasteiger charge is -2.31. The minimum atomic E-state index is -0.196. The normalized spacial score (nSPS) is 17.3. The number of nitrogens with zero attached hydrogens (tertiary/aromatic N) is 4. The Morgan fingerprint density at radius 3 is 2.96 bits per heavy atom. The number of hydrogen-bond acceptors (Lipinski definition) is 5. The molecule has 0 aliphatic carbocycles. The van der Waals surface area contributed by atoms with Crippen LogP contribution < -0.4 is 11.1 Å². The summed E-state index contributed by atoms with van der Waals surface area (Å²) >= 11 is 0. The van der Waals surface area contributed by atoms with Crippen molar-refractivity contribution in [1.82, 2.24) is 25.0 Å². The Labute approximate surface area is 146 Å². The molecule has 3 rings (SSSR count). The Kier molecular flexibility index (Phi) is 5.39. The van der Waals surface area contributed by atoms with Crippen LogP contribution in [-0.2, 0) is 4.79 Å². The lowest BCUT2D eigenvalue weighted by Crippen LogP contribution is -2.46. The number of rotatable bonds is 5. The standard InChI is InChI=1S/C17H22N6O2/c18-7-9-19-16(24)13-4-2-10-22(12-13)17(25)14-5-1-6-15(21-14)23-11-3-8-20-23/h1,3,5-6,8,11,13H,2,4,7,9-10,12,18H2,(H,19,24). The molecule has 132 valence electrons. The van der Waals surface area contributed by atoms with E-state index in [1.807, 2.05) is 0 Å². The first-order chi connectivity index (χ1) is 12.2. The summed E-state index contributed by atoms with van der Waals surface area (Å²) in [5, 5.41) is 6.93. The lowest BCUT2D eigenvalue weighted by atomic mass is 9.97. The van der Waals surface area contributed by atoms with Gasteiger partial charge in [0.2, 0.25) is 5.91 Å². The molecule has 0 spiro atoms. The number of aromatic nitrogens is 3. The summed E-state index contributed by atoms with van der Waals surface area (Å²) in [4.78, 5) is 31.0. The Morgan fingerprint density at radius 1 is 1.32 bits per heavy atom. The average Bonchev–Trinajstić information content (AvgIpc) is 3.20. The molecule has 25 heavy (non-hydrogen) atoms. The monoisotopic (exact) mass is 342 g/mol. The maximum absolute atomic E-state index is 12.8. The third-order valence-electron chi connectivity index (χ3n) is 4.22. The van der Waals surface area contributed by atoms with Crippen LogP contribution in [0.1, 0.15) is 23.3 Å². The van der Waals surface area contributed by atoms with Crippen LogP contribution >= 0.6 is 0 Å². The molecular formula is C17H22N6O2. The van der Waals surface area contributed by atoms with Gasteiger partial charge in [0, 0.05) is 38.6 Å². The third-order valence-corrected chi connectivity index (χ3v) is 4.22. The van der Waals surface area contributed by atoms with E-state index >= 15 is 0 Å². The van der Waals surface area contributed by atoms with Crippen molar-refractivity contribution in [2.75, 3.05) is 26.2 Å². The van der Waals surface area contributed by atoms with Crippen LogP contribution in [0.4, 0.5) is 0 Å². The SMILES string of the molecule is NCCNC(=O)C1CCCN(C(=O)c2cccc(-n3cccn3)n2)C1. The Morgan fingerprint density at radius 2 is 2.20 bits per heavy atom. The lowest BCUT2D eigenvalue weighted by molar-refractivity contribution is -0.126. The Hall–Kier alpha value is -2.74. The zero-order chi connectivity index (χ0) is 17.6. The molecule has 1 fully saturated rings. The van der Waals surface area contributed by atoms with E-state index in [0.29, 0.717) is 37.7 Å². The molecule has 2 aromatic heterocycles. The van der Waals surface area contributed by atoms with Crippen LogP contribution in [0.25, 0.3) is 5.82 Å². The van der Waals surface area contributed by atoms with Crippen molar-refractivity contribution in [3.8, 4) is 5.82 Å². The van der Waals surface area contributed by atoms with Gasteiger partial charge in [-0.05, 0) is 31.0 Å². The molecule has 2 amide bonds. The highest BCUT2D eigenvalue weighted by atomic mass is 16.2. The molecule has 1 aliphatic heterocycles. The van der Waals surface area contributed by atoms with Gasteiger partial charge < -0.3 is 16.0 Å². The molecule has 8 nitrogen and oxygen atoms in total. The number of piperidine rings is 1. The van der Waals surface area contributed by atoms with Crippen LogP contribution in [0.5, 0.6) is 0 Å². The number of amides is 2. The largest absolute Gasteiger partial charge is 0.355 e. The molecule has 0 aromatic carbocycles. The van der Waals surface area contributed by atoms with Crippen molar-refractivity contribution < 1.29 is 9.59 Å². The zero-order valence-electron chi connectivity index (χ0n) is 14.0. The maximum atomic E-state index is 12.8. The van der Waals surface area contributed by atoms with E-state index in [9.17, 15) is 9.59 Å². The van der Waals surface area contributed by atoms with Crippen LogP contribution in [-0.4, -0.2) is 57.7 Å². The van der Waals surface area contributed by atoms with Crippen molar-refractivity contribution in [1.29, 1.82) is 0 Å². The van der Waals surface area contributed by atoms with Crippen molar-refractivity contribution in [3.63, 3.8) is 0 Å². The van der Waals surface area contributed by atoms with E-state index < -0.39 is 0 Å². The van der Waals surface area contributed by atoms with Crippen LogP contribution in [0.15, 0.2) is 36.7 Å². The average molecular weight is 342 g/mol. The number of pyridine rings is 1. The summed E-state index contributed by atoms with van der Waals surface area (Å²) in [5.41, 5.74) is 5.78. The Balaban J connectivity index is 1.70.